The Labute approximate surface area is 130 Å². The molecule has 0 bridgehead atoms. The summed E-state index contributed by atoms with van der Waals surface area (Å²) in [7, 11) is 0. The maximum Gasteiger partial charge on any atom is 0.0299 e. The first-order chi connectivity index (χ1) is 10.3. The topological polar surface area (TPSA) is 24.9 Å². The van der Waals surface area contributed by atoms with Crippen LogP contribution in [0.3, 0.4) is 0 Å². The maximum atomic E-state index is 4.24. The Morgan fingerprint density at radius 3 is 2.95 bits per heavy atom. The Hall–Kier alpha value is -0.890. The van der Waals surface area contributed by atoms with E-state index in [4.69, 9.17) is 0 Å². The standard InChI is InChI=1S/C19H32N2/c1-3-12-21-19(11-10-17-8-6-13-20-15-17)18-9-5-7-16(4-2)14-18/h6,8,13,15-16,18-19,21H,3-5,7,9-12,14H2,1-2H3. The first-order valence-electron chi connectivity index (χ1n) is 8.95. The van der Waals surface area contributed by atoms with E-state index in [2.05, 4.69) is 36.3 Å². The minimum Gasteiger partial charge on any atom is -0.314 e. The van der Waals surface area contributed by atoms with Gasteiger partial charge in [-0.05, 0) is 62.1 Å². The molecule has 1 aliphatic carbocycles. The van der Waals surface area contributed by atoms with E-state index in [0.29, 0.717) is 6.04 Å². The third-order valence-electron chi connectivity index (χ3n) is 5.09. The van der Waals surface area contributed by atoms with E-state index in [1.54, 1.807) is 0 Å². The van der Waals surface area contributed by atoms with Gasteiger partial charge in [-0.25, -0.2) is 0 Å². The van der Waals surface area contributed by atoms with Gasteiger partial charge in [0.1, 0.15) is 0 Å². The Bertz CT molecular complexity index is 376. The molecule has 0 saturated heterocycles. The molecule has 2 heteroatoms. The summed E-state index contributed by atoms with van der Waals surface area (Å²) in [5.74, 6) is 1.85. The lowest BCUT2D eigenvalue weighted by atomic mass is 9.75. The second kappa shape index (κ2) is 9.19. The molecule has 1 aromatic rings. The molecule has 0 radical (unpaired) electrons. The maximum absolute atomic E-state index is 4.24. The number of aromatic nitrogens is 1. The van der Waals surface area contributed by atoms with Crippen LogP contribution >= 0.6 is 0 Å². The highest BCUT2D eigenvalue weighted by atomic mass is 14.9. The fourth-order valence-corrected chi connectivity index (χ4v) is 3.77. The SMILES string of the molecule is CCCNC(CCc1cccnc1)C1CCCC(CC)C1. The lowest BCUT2D eigenvalue weighted by molar-refractivity contribution is 0.202. The zero-order valence-electron chi connectivity index (χ0n) is 13.9. The zero-order valence-corrected chi connectivity index (χ0v) is 13.9. The Morgan fingerprint density at radius 2 is 2.24 bits per heavy atom. The average Bonchev–Trinajstić information content (AvgIpc) is 2.56. The number of rotatable bonds is 8. The highest BCUT2D eigenvalue weighted by Gasteiger charge is 2.27. The van der Waals surface area contributed by atoms with Gasteiger partial charge < -0.3 is 5.32 Å². The van der Waals surface area contributed by atoms with E-state index in [-0.39, 0.29) is 0 Å². The number of hydrogen-bond donors (Lipinski definition) is 1. The molecule has 21 heavy (non-hydrogen) atoms. The van der Waals surface area contributed by atoms with Crippen molar-refractivity contribution >= 4 is 0 Å². The molecule has 3 unspecified atom stereocenters. The van der Waals surface area contributed by atoms with Crippen LogP contribution in [0, 0.1) is 11.8 Å². The quantitative estimate of drug-likeness (QED) is 0.756. The van der Waals surface area contributed by atoms with Crippen molar-refractivity contribution in [2.75, 3.05) is 6.54 Å². The first-order valence-corrected chi connectivity index (χ1v) is 8.95. The van der Waals surface area contributed by atoms with Crippen molar-refractivity contribution in [3.63, 3.8) is 0 Å². The third-order valence-corrected chi connectivity index (χ3v) is 5.09. The van der Waals surface area contributed by atoms with Gasteiger partial charge in [0.05, 0.1) is 0 Å². The van der Waals surface area contributed by atoms with E-state index in [0.717, 1.165) is 24.8 Å². The minimum atomic E-state index is 0.694. The molecule has 1 fully saturated rings. The van der Waals surface area contributed by atoms with Crippen molar-refractivity contribution in [2.24, 2.45) is 11.8 Å². The van der Waals surface area contributed by atoms with Gasteiger partial charge in [0, 0.05) is 18.4 Å². The minimum absolute atomic E-state index is 0.694. The largest absolute Gasteiger partial charge is 0.314 e. The molecule has 1 aliphatic rings. The molecule has 3 atom stereocenters. The summed E-state index contributed by atoms with van der Waals surface area (Å²) in [5.41, 5.74) is 1.38. The van der Waals surface area contributed by atoms with Crippen molar-refractivity contribution in [3.05, 3.63) is 30.1 Å². The summed E-state index contributed by atoms with van der Waals surface area (Å²) in [6, 6.07) is 4.96. The van der Waals surface area contributed by atoms with Crippen molar-refractivity contribution < 1.29 is 0 Å². The Morgan fingerprint density at radius 1 is 1.33 bits per heavy atom. The van der Waals surface area contributed by atoms with E-state index in [9.17, 15) is 0 Å². The second-order valence-corrected chi connectivity index (χ2v) is 6.66. The molecular weight excluding hydrogens is 256 g/mol. The van der Waals surface area contributed by atoms with Crippen molar-refractivity contribution in [1.82, 2.24) is 10.3 Å². The van der Waals surface area contributed by atoms with Gasteiger partial charge in [0.2, 0.25) is 0 Å². The van der Waals surface area contributed by atoms with Crippen molar-refractivity contribution in [3.8, 4) is 0 Å². The summed E-state index contributed by atoms with van der Waals surface area (Å²) < 4.78 is 0. The summed E-state index contributed by atoms with van der Waals surface area (Å²) in [6.07, 6.45) is 14.6. The van der Waals surface area contributed by atoms with Gasteiger partial charge in [-0.1, -0.05) is 39.2 Å². The fourth-order valence-electron chi connectivity index (χ4n) is 3.77. The molecule has 1 N–H and O–H groups in total. The summed E-state index contributed by atoms with van der Waals surface area (Å²) >= 11 is 0. The zero-order chi connectivity index (χ0) is 14.9. The van der Waals surface area contributed by atoms with Crippen molar-refractivity contribution in [1.29, 1.82) is 0 Å². The lowest BCUT2D eigenvalue weighted by Gasteiger charge is -2.35. The van der Waals surface area contributed by atoms with Crippen LogP contribution in [0.1, 0.15) is 64.4 Å². The Balaban J connectivity index is 1.90. The van der Waals surface area contributed by atoms with Crippen LogP contribution in [-0.4, -0.2) is 17.6 Å². The monoisotopic (exact) mass is 288 g/mol. The molecule has 0 spiro atoms. The van der Waals surface area contributed by atoms with E-state index < -0.39 is 0 Å². The van der Waals surface area contributed by atoms with Gasteiger partial charge in [0.15, 0.2) is 0 Å². The number of aryl methyl sites for hydroxylation is 1. The second-order valence-electron chi connectivity index (χ2n) is 6.66. The molecule has 1 saturated carbocycles. The molecular formula is C19H32N2. The van der Waals surface area contributed by atoms with Gasteiger partial charge in [-0.15, -0.1) is 0 Å². The third kappa shape index (κ3) is 5.43. The molecule has 1 heterocycles. The van der Waals surface area contributed by atoms with Crippen LogP contribution < -0.4 is 5.32 Å². The highest BCUT2D eigenvalue weighted by Crippen LogP contribution is 2.34. The molecule has 0 aromatic carbocycles. The fraction of sp³-hybridized carbons (Fsp3) is 0.737. The Kier molecular flexibility index (Phi) is 7.21. The van der Waals surface area contributed by atoms with Crippen LogP contribution in [0.15, 0.2) is 24.5 Å². The first kappa shape index (κ1) is 16.5. The van der Waals surface area contributed by atoms with Crippen LogP contribution in [0.2, 0.25) is 0 Å². The summed E-state index contributed by atoms with van der Waals surface area (Å²) in [4.78, 5) is 4.24. The average molecular weight is 288 g/mol. The van der Waals surface area contributed by atoms with Crippen LogP contribution in [0.25, 0.3) is 0 Å². The van der Waals surface area contributed by atoms with Crippen LogP contribution in [0.5, 0.6) is 0 Å². The number of pyridine rings is 1. The van der Waals surface area contributed by atoms with Crippen LogP contribution in [-0.2, 0) is 6.42 Å². The van der Waals surface area contributed by atoms with Gasteiger partial charge >= 0.3 is 0 Å². The van der Waals surface area contributed by atoms with E-state index in [1.807, 2.05) is 12.4 Å². The van der Waals surface area contributed by atoms with E-state index in [1.165, 1.54) is 50.5 Å². The molecule has 0 amide bonds. The smallest absolute Gasteiger partial charge is 0.0299 e. The number of nitrogens with zero attached hydrogens (tertiary/aromatic N) is 1. The summed E-state index contributed by atoms with van der Waals surface area (Å²) in [5, 5.41) is 3.83. The lowest BCUT2D eigenvalue weighted by Crippen LogP contribution is -2.39. The van der Waals surface area contributed by atoms with E-state index >= 15 is 0 Å². The van der Waals surface area contributed by atoms with Gasteiger partial charge in [-0.2, -0.15) is 0 Å². The van der Waals surface area contributed by atoms with Crippen LogP contribution in [0.4, 0.5) is 0 Å². The molecule has 2 rings (SSSR count). The number of nitrogens with one attached hydrogen (secondary N) is 1. The predicted octanol–water partition coefficient (Wildman–Crippen LogP) is 4.60. The normalized spacial score (nSPS) is 23.9. The molecule has 2 nitrogen and oxygen atoms in total. The van der Waals surface area contributed by atoms with Gasteiger partial charge in [0.25, 0.3) is 0 Å². The van der Waals surface area contributed by atoms with Gasteiger partial charge in [-0.3, -0.25) is 4.98 Å². The van der Waals surface area contributed by atoms with Crippen molar-refractivity contribution in [2.45, 2.75) is 71.3 Å². The molecule has 0 aliphatic heterocycles. The number of hydrogen-bond acceptors (Lipinski definition) is 2. The summed E-state index contributed by atoms with van der Waals surface area (Å²) in [6.45, 7) is 5.78. The highest BCUT2D eigenvalue weighted by molar-refractivity contribution is 5.08. The molecule has 118 valence electrons. The predicted molar refractivity (Wildman–Crippen MR) is 90.4 cm³/mol. The molecule has 1 aromatic heterocycles.